The summed E-state index contributed by atoms with van der Waals surface area (Å²) in [6.45, 7) is 8.43. The number of hydrogen-bond acceptors (Lipinski definition) is 2. The minimum Gasteiger partial charge on any atom is -0.324 e. The van der Waals surface area contributed by atoms with Crippen molar-refractivity contribution in [3.8, 4) is 0 Å². The van der Waals surface area contributed by atoms with Crippen LogP contribution in [0.2, 0.25) is 0 Å². The Kier molecular flexibility index (Phi) is 5.18. The minimum absolute atomic E-state index is 0.134. The van der Waals surface area contributed by atoms with Crippen LogP contribution >= 0.6 is 0 Å². The molecule has 2 atom stereocenters. The molecule has 0 aromatic heterocycles. The zero-order valence-electron chi connectivity index (χ0n) is 8.62. The highest BCUT2D eigenvalue weighted by Crippen LogP contribution is 2.03. The quantitative estimate of drug-likeness (QED) is 0.628. The van der Waals surface area contributed by atoms with E-state index in [1.165, 1.54) is 0 Å². The molecule has 2 heteroatoms. The van der Waals surface area contributed by atoms with Crippen molar-refractivity contribution in [2.75, 3.05) is 0 Å². The predicted octanol–water partition coefficient (Wildman–Crippen LogP) is 1.51. The van der Waals surface area contributed by atoms with E-state index in [9.17, 15) is 0 Å². The molecule has 0 spiro atoms. The molecule has 12 heavy (non-hydrogen) atoms. The van der Waals surface area contributed by atoms with Crippen molar-refractivity contribution in [3.63, 3.8) is 0 Å². The maximum Gasteiger partial charge on any atom is 0.0247 e. The van der Waals surface area contributed by atoms with Crippen molar-refractivity contribution in [2.24, 2.45) is 23.3 Å². The predicted molar refractivity (Wildman–Crippen MR) is 54.8 cm³/mol. The van der Waals surface area contributed by atoms with Crippen LogP contribution in [-0.4, -0.2) is 12.1 Å². The first-order chi connectivity index (χ1) is 5.45. The van der Waals surface area contributed by atoms with E-state index < -0.39 is 0 Å². The van der Waals surface area contributed by atoms with Gasteiger partial charge in [-0.2, -0.15) is 0 Å². The molecule has 0 saturated heterocycles. The largest absolute Gasteiger partial charge is 0.324 e. The molecule has 0 amide bonds. The van der Waals surface area contributed by atoms with Crippen LogP contribution in [0.4, 0.5) is 0 Å². The van der Waals surface area contributed by atoms with E-state index in [2.05, 4.69) is 27.7 Å². The molecule has 0 heterocycles. The van der Waals surface area contributed by atoms with Gasteiger partial charge in [0.2, 0.25) is 0 Å². The Morgan fingerprint density at radius 2 is 1.00 bits per heavy atom. The highest BCUT2D eigenvalue weighted by atomic mass is 14.6. The first-order valence-electron chi connectivity index (χ1n) is 4.64. The van der Waals surface area contributed by atoms with E-state index in [1.54, 1.807) is 0 Å². The van der Waals surface area contributed by atoms with Gasteiger partial charge < -0.3 is 11.5 Å². The lowest BCUT2D eigenvalue weighted by Gasteiger charge is -2.14. The average Bonchev–Trinajstić information content (AvgIpc) is 1.98. The summed E-state index contributed by atoms with van der Waals surface area (Å²) in [6, 6.07) is 0.268. The molecule has 0 rings (SSSR count). The number of rotatable bonds is 4. The van der Waals surface area contributed by atoms with E-state index in [0.717, 1.165) is 0 Å². The molecule has 0 fully saturated rings. The smallest absolute Gasteiger partial charge is 0.0247 e. The van der Waals surface area contributed by atoms with E-state index in [0.29, 0.717) is 11.8 Å². The van der Waals surface area contributed by atoms with Crippen LogP contribution in [0.1, 0.15) is 27.7 Å². The summed E-state index contributed by atoms with van der Waals surface area (Å²) >= 11 is 0. The minimum atomic E-state index is 0.134. The van der Waals surface area contributed by atoms with Crippen molar-refractivity contribution >= 4 is 0 Å². The van der Waals surface area contributed by atoms with Gasteiger partial charge in [-0.3, -0.25) is 0 Å². The van der Waals surface area contributed by atoms with Crippen LogP contribution < -0.4 is 11.5 Å². The second-order valence-corrected chi connectivity index (χ2v) is 4.03. The van der Waals surface area contributed by atoms with Gasteiger partial charge in [0.1, 0.15) is 0 Å². The molecule has 0 aliphatic carbocycles. The van der Waals surface area contributed by atoms with Gasteiger partial charge in [0.05, 0.1) is 0 Å². The van der Waals surface area contributed by atoms with Gasteiger partial charge in [-0.1, -0.05) is 39.8 Å². The molecule has 0 unspecified atom stereocenters. The third-order valence-electron chi connectivity index (χ3n) is 2.10. The van der Waals surface area contributed by atoms with Gasteiger partial charge in [0.15, 0.2) is 0 Å². The Balaban J connectivity index is 3.89. The Morgan fingerprint density at radius 1 is 0.750 bits per heavy atom. The Bertz CT molecular complexity index is 123. The maximum atomic E-state index is 5.82. The number of hydrogen-bond donors (Lipinski definition) is 2. The molecule has 0 aromatic carbocycles. The van der Waals surface area contributed by atoms with Crippen LogP contribution in [-0.2, 0) is 0 Å². The third kappa shape index (κ3) is 4.52. The maximum absolute atomic E-state index is 5.82. The lowest BCUT2D eigenvalue weighted by atomic mass is 10.0. The van der Waals surface area contributed by atoms with Gasteiger partial charge in [-0.15, -0.1) is 0 Å². The lowest BCUT2D eigenvalue weighted by Crippen LogP contribution is -2.27. The molecule has 72 valence electrons. The second-order valence-electron chi connectivity index (χ2n) is 4.03. The fourth-order valence-electron chi connectivity index (χ4n) is 0.701. The van der Waals surface area contributed by atoms with Gasteiger partial charge >= 0.3 is 0 Å². The molecule has 0 aliphatic heterocycles. The summed E-state index contributed by atoms with van der Waals surface area (Å²) in [5, 5.41) is 0. The molecule has 2 nitrogen and oxygen atoms in total. The summed E-state index contributed by atoms with van der Waals surface area (Å²) in [5.41, 5.74) is 11.6. The first-order valence-corrected chi connectivity index (χ1v) is 4.64. The van der Waals surface area contributed by atoms with E-state index in [-0.39, 0.29) is 12.1 Å². The Labute approximate surface area is 76.0 Å². The highest BCUT2D eigenvalue weighted by molar-refractivity contribution is 4.99. The molecular weight excluding hydrogens is 148 g/mol. The zero-order chi connectivity index (χ0) is 9.72. The van der Waals surface area contributed by atoms with E-state index in [1.807, 2.05) is 12.2 Å². The standard InChI is InChI=1S/C10H22N2/c1-7(2)9(11)5-6-10(12)8(3)4/h5-10H,11-12H2,1-4H3/b6-5-/t9-,10-/m1/s1. The second kappa shape index (κ2) is 5.33. The monoisotopic (exact) mass is 170 g/mol. The fraction of sp³-hybridized carbons (Fsp3) is 0.800. The Hall–Kier alpha value is -0.340. The van der Waals surface area contributed by atoms with Gasteiger partial charge in [0, 0.05) is 12.1 Å². The SMILES string of the molecule is CC(C)[C@H](N)/C=C\[C@@H](N)C(C)C. The van der Waals surface area contributed by atoms with Crippen molar-refractivity contribution < 1.29 is 0 Å². The van der Waals surface area contributed by atoms with Crippen LogP contribution in [0.25, 0.3) is 0 Å². The lowest BCUT2D eigenvalue weighted by molar-refractivity contribution is 0.548. The molecule has 0 aromatic rings. The Morgan fingerprint density at radius 3 is 1.17 bits per heavy atom. The molecule has 4 N–H and O–H groups in total. The number of nitrogens with two attached hydrogens (primary N) is 2. The third-order valence-corrected chi connectivity index (χ3v) is 2.10. The van der Waals surface area contributed by atoms with E-state index >= 15 is 0 Å². The topological polar surface area (TPSA) is 52.0 Å². The van der Waals surface area contributed by atoms with Crippen LogP contribution in [0, 0.1) is 11.8 Å². The summed E-state index contributed by atoms with van der Waals surface area (Å²) in [6.07, 6.45) is 4.02. The van der Waals surface area contributed by atoms with Crippen molar-refractivity contribution in [1.29, 1.82) is 0 Å². The van der Waals surface area contributed by atoms with Gasteiger partial charge in [-0.05, 0) is 11.8 Å². The van der Waals surface area contributed by atoms with Crippen LogP contribution in [0.3, 0.4) is 0 Å². The van der Waals surface area contributed by atoms with Gasteiger partial charge in [-0.25, -0.2) is 0 Å². The summed E-state index contributed by atoms with van der Waals surface area (Å²) < 4.78 is 0. The molecule has 0 aliphatic rings. The van der Waals surface area contributed by atoms with Crippen molar-refractivity contribution in [3.05, 3.63) is 12.2 Å². The van der Waals surface area contributed by atoms with Crippen molar-refractivity contribution in [2.45, 2.75) is 39.8 Å². The van der Waals surface area contributed by atoms with Crippen LogP contribution in [0.5, 0.6) is 0 Å². The zero-order valence-corrected chi connectivity index (χ0v) is 8.62. The molecule has 0 radical (unpaired) electrons. The van der Waals surface area contributed by atoms with E-state index in [4.69, 9.17) is 11.5 Å². The highest BCUT2D eigenvalue weighted by Gasteiger charge is 2.05. The summed E-state index contributed by atoms with van der Waals surface area (Å²) in [5.74, 6) is 0.973. The van der Waals surface area contributed by atoms with Crippen molar-refractivity contribution in [1.82, 2.24) is 0 Å². The van der Waals surface area contributed by atoms with Gasteiger partial charge in [0.25, 0.3) is 0 Å². The molecule has 0 saturated carbocycles. The molecular formula is C10H22N2. The molecule has 0 bridgehead atoms. The summed E-state index contributed by atoms with van der Waals surface area (Å²) in [7, 11) is 0. The first kappa shape index (κ1) is 11.7. The summed E-state index contributed by atoms with van der Waals surface area (Å²) in [4.78, 5) is 0. The normalized spacial score (nSPS) is 17.7. The average molecular weight is 170 g/mol. The fourth-order valence-corrected chi connectivity index (χ4v) is 0.701. The van der Waals surface area contributed by atoms with Crippen LogP contribution in [0.15, 0.2) is 12.2 Å².